The van der Waals surface area contributed by atoms with E-state index < -0.39 is 5.09 Å². The lowest BCUT2D eigenvalue weighted by molar-refractivity contribution is -0.761. The van der Waals surface area contributed by atoms with Crippen molar-refractivity contribution in [2.45, 2.75) is 44.3 Å². The molecule has 0 amide bonds. The van der Waals surface area contributed by atoms with Gasteiger partial charge in [-0.1, -0.05) is 13.3 Å². The second-order valence-electron chi connectivity index (χ2n) is 4.60. The fourth-order valence-corrected chi connectivity index (χ4v) is 2.88. The Bertz CT molecular complexity index is 225. The fraction of sp³-hybridized carbons (Fsp3) is 1.00. The average Bonchev–Trinajstić information content (AvgIpc) is 2.38. The molecule has 1 fully saturated rings. The quantitative estimate of drug-likeness (QED) is 0.425. The van der Waals surface area contributed by atoms with Crippen LogP contribution in [0.4, 0.5) is 0 Å². The van der Waals surface area contributed by atoms with E-state index in [0.717, 1.165) is 30.9 Å². The van der Waals surface area contributed by atoms with Gasteiger partial charge in [0, 0.05) is 5.25 Å². The van der Waals surface area contributed by atoms with Gasteiger partial charge in [0.2, 0.25) is 0 Å². The molecule has 1 rings (SSSR count). The van der Waals surface area contributed by atoms with Crippen LogP contribution in [0.25, 0.3) is 0 Å². The largest absolute Gasteiger partial charge is 0.313 e. The number of nitrogens with zero attached hydrogens (tertiary/aromatic N) is 1. The normalized spacial score (nSPS) is 32.0. The van der Waals surface area contributed by atoms with Crippen molar-refractivity contribution in [2.75, 3.05) is 12.9 Å². The smallest absolute Gasteiger partial charge is 0.294 e. The molecule has 1 aliphatic rings. The maximum atomic E-state index is 10.2. The van der Waals surface area contributed by atoms with E-state index >= 15 is 0 Å². The minimum Gasteiger partial charge on any atom is -0.313 e. The molecule has 1 aliphatic carbocycles. The molecule has 88 valence electrons. The van der Waals surface area contributed by atoms with Crippen molar-refractivity contribution in [3.63, 3.8) is 0 Å². The van der Waals surface area contributed by atoms with Gasteiger partial charge in [0.1, 0.15) is 6.61 Å². The van der Waals surface area contributed by atoms with E-state index in [2.05, 4.69) is 18.0 Å². The summed E-state index contributed by atoms with van der Waals surface area (Å²) in [4.78, 5) is 14.7. The maximum absolute atomic E-state index is 10.2. The summed E-state index contributed by atoms with van der Waals surface area (Å²) in [6.07, 6.45) is 7.75. The third-order valence-electron chi connectivity index (χ3n) is 3.23. The first kappa shape index (κ1) is 12.6. The van der Waals surface area contributed by atoms with Gasteiger partial charge in [0.05, 0.1) is 0 Å². The first-order valence-electron chi connectivity index (χ1n) is 5.36. The molecular weight excluding hydrogens is 214 g/mol. The number of hydrogen-bond donors (Lipinski definition) is 0. The molecule has 0 spiro atoms. The molecule has 0 aromatic rings. The molecule has 0 N–H and O–H groups in total. The van der Waals surface area contributed by atoms with Crippen LogP contribution < -0.4 is 0 Å². The second kappa shape index (κ2) is 5.58. The molecule has 0 heterocycles. The predicted molar refractivity (Wildman–Crippen MR) is 61.4 cm³/mol. The number of rotatable bonds is 4. The number of thioether (sulfide) groups is 1. The maximum Gasteiger partial charge on any atom is 0.294 e. The van der Waals surface area contributed by atoms with Gasteiger partial charge in [-0.15, -0.1) is 10.1 Å². The third-order valence-corrected chi connectivity index (χ3v) is 4.37. The lowest BCUT2D eigenvalue weighted by atomic mass is 9.84. The van der Waals surface area contributed by atoms with E-state index in [1.54, 1.807) is 0 Å². The third kappa shape index (κ3) is 4.28. The minimum absolute atomic E-state index is 0.00243. The van der Waals surface area contributed by atoms with Gasteiger partial charge in [0.25, 0.3) is 5.09 Å². The van der Waals surface area contributed by atoms with Gasteiger partial charge in [-0.2, -0.15) is 11.8 Å². The highest BCUT2D eigenvalue weighted by Crippen LogP contribution is 2.37. The summed E-state index contributed by atoms with van der Waals surface area (Å²) >= 11 is 1.91. The zero-order valence-corrected chi connectivity index (χ0v) is 10.2. The van der Waals surface area contributed by atoms with Crippen LogP contribution >= 0.6 is 11.8 Å². The van der Waals surface area contributed by atoms with E-state index in [1.165, 1.54) is 6.42 Å². The first-order chi connectivity index (χ1) is 7.06. The summed E-state index contributed by atoms with van der Waals surface area (Å²) < 4.78 is 0. The molecule has 0 aliphatic heterocycles. The van der Waals surface area contributed by atoms with E-state index in [9.17, 15) is 10.1 Å². The lowest BCUT2D eigenvalue weighted by Gasteiger charge is -2.26. The Balaban J connectivity index is 2.42. The molecule has 0 saturated heterocycles. The Kier molecular flexibility index (Phi) is 4.70. The van der Waals surface area contributed by atoms with Gasteiger partial charge in [-0.05, 0) is 37.4 Å². The summed E-state index contributed by atoms with van der Waals surface area (Å²) in [5.41, 5.74) is -0.00243. The van der Waals surface area contributed by atoms with Gasteiger partial charge in [0.15, 0.2) is 0 Å². The summed E-state index contributed by atoms with van der Waals surface area (Å²) in [7, 11) is 0. The van der Waals surface area contributed by atoms with Crippen molar-refractivity contribution >= 4 is 11.8 Å². The van der Waals surface area contributed by atoms with Crippen molar-refractivity contribution in [3.05, 3.63) is 10.1 Å². The van der Waals surface area contributed by atoms with Crippen LogP contribution in [0.2, 0.25) is 0 Å². The number of hydrogen-bond acceptors (Lipinski definition) is 4. The van der Waals surface area contributed by atoms with Crippen LogP contribution in [0.15, 0.2) is 0 Å². The first-order valence-corrected chi connectivity index (χ1v) is 6.65. The minimum atomic E-state index is -0.678. The van der Waals surface area contributed by atoms with Crippen molar-refractivity contribution in [2.24, 2.45) is 5.41 Å². The highest BCUT2D eigenvalue weighted by Gasteiger charge is 2.29. The van der Waals surface area contributed by atoms with Crippen molar-refractivity contribution in [1.29, 1.82) is 0 Å². The molecule has 2 unspecified atom stereocenters. The molecule has 0 bridgehead atoms. The van der Waals surface area contributed by atoms with Crippen molar-refractivity contribution in [3.8, 4) is 0 Å². The standard InChI is InChI=1S/C10H19NO3S/c1-10(8-14-11(12)13)6-3-4-9(15-2)5-7-10/h9H,3-8H2,1-2H3. The molecule has 0 aromatic heterocycles. The van der Waals surface area contributed by atoms with E-state index in [4.69, 9.17) is 0 Å². The zero-order valence-electron chi connectivity index (χ0n) is 9.40. The Morgan fingerprint density at radius 1 is 1.53 bits per heavy atom. The lowest BCUT2D eigenvalue weighted by Crippen LogP contribution is -2.24. The van der Waals surface area contributed by atoms with Gasteiger partial charge in [-0.25, -0.2) is 0 Å². The van der Waals surface area contributed by atoms with Gasteiger partial charge in [-0.3, -0.25) is 0 Å². The Morgan fingerprint density at radius 2 is 2.27 bits per heavy atom. The monoisotopic (exact) mass is 233 g/mol. The highest BCUT2D eigenvalue weighted by molar-refractivity contribution is 7.99. The molecule has 0 aromatic carbocycles. The van der Waals surface area contributed by atoms with Crippen LogP contribution in [-0.2, 0) is 4.84 Å². The summed E-state index contributed by atoms with van der Waals surface area (Å²) in [6.45, 7) is 2.35. The van der Waals surface area contributed by atoms with Gasteiger partial charge < -0.3 is 4.84 Å². The molecule has 2 atom stereocenters. The Hall–Kier alpha value is -0.450. The second-order valence-corrected chi connectivity index (χ2v) is 5.73. The van der Waals surface area contributed by atoms with Crippen LogP contribution in [0.3, 0.4) is 0 Å². The molecule has 1 saturated carbocycles. The summed E-state index contributed by atoms with van der Waals surface area (Å²) in [6, 6.07) is 0. The molecular formula is C10H19NO3S. The van der Waals surface area contributed by atoms with E-state index in [0.29, 0.717) is 0 Å². The predicted octanol–water partition coefficient (Wildman–Crippen LogP) is 2.90. The van der Waals surface area contributed by atoms with Crippen molar-refractivity contribution < 1.29 is 9.92 Å². The summed E-state index contributed by atoms with van der Waals surface area (Å²) in [5, 5.41) is 10.2. The van der Waals surface area contributed by atoms with E-state index in [1.807, 2.05) is 11.8 Å². The SMILES string of the molecule is CSC1CCCC(C)(CO[N+](=O)[O-])CC1. The average molecular weight is 233 g/mol. The van der Waals surface area contributed by atoms with Crippen LogP contribution in [0.1, 0.15) is 39.0 Å². The van der Waals surface area contributed by atoms with Crippen LogP contribution in [-0.4, -0.2) is 23.2 Å². The highest BCUT2D eigenvalue weighted by atomic mass is 32.2. The zero-order chi connectivity index (χ0) is 11.3. The molecule has 15 heavy (non-hydrogen) atoms. The van der Waals surface area contributed by atoms with E-state index in [-0.39, 0.29) is 12.0 Å². The van der Waals surface area contributed by atoms with Crippen LogP contribution in [0, 0.1) is 15.5 Å². The van der Waals surface area contributed by atoms with Crippen molar-refractivity contribution in [1.82, 2.24) is 0 Å². The Morgan fingerprint density at radius 3 is 2.87 bits per heavy atom. The summed E-state index contributed by atoms with van der Waals surface area (Å²) in [5.74, 6) is 0. The van der Waals surface area contributed by atoms with Crippen LogP contribution in [0.5, 0.6) is 0 Å². The van der Waals surface area contributed by atoms with Gasteiger partial charge >= 0.3 is 0 Å². The molecule has 5 heteroatoms. The fourth-order valence-electron chi connectivity index (χ4n) is 2.12. The molecule has 0 radical (unpaired) electrons. The topological polar surface area (TPSA) is 52.4 Å². The molecule has 4 nitrogen and oxygen atoms in total. The Labute approximate surface area is 94.9 Å².